The highest BCUT2D eigenvalue weighted by molar-refractivity contribution is 7.14. The van der Waals surface area contributed by atoms with E-state index in [-0.39, 0.29) is 23.8 Å². The molecule has 2 N–H and O–H groups in total. The van der Waals surface area contributed by atoms with Crippen LogP contribution in [-0.2, 0) is 22.6 Å². The molecule has 0 radical (unpaired) electrons. The molecule has 8 heteroatoms. The topological polar surface area (TPSA) is 100.0 Å². The number of aryl methyl sites for hydroxylation is 2. The number of amides is 1. The molecule has 0 spiro atoms. The van der Waals surface area contributed by atoms with Crippen molar-refractivity contribution in [2.24, 2.45) is 0 Å². The van der Waals surface area contributed by atoms with Gasteiger partial charge in [0.05, 0.1) is 11.4 Å². The van der Waals surface area contributed by atoms with Gasteiger partial charge in [0.15, 0.2) is 16.6 Å². The number of ether oxygens (including phenoxy) is 1. The van der Waals surface area contributed by atoms with Crippen LogP contribution in [0.1, 0.15) is 41.0 Å². The van der Waals surface area contributed by atoms with Gasteiger partial charge in [0, 0.05) is 12.3 Å². The Kier molecular flexibility index (Phi) is 6.37. The number of benzene rings is 2. The Morgan fingerprint density at radius 1 is 1.10 bits per heavy atom. The molecule has 1 heterocycles. The Labute approximate surface area is 178 Å². The Morgan fingerprint density at radius 2 is 1.80 bits per heavy atom. The fourth-order valence-electron chi connectivity index (χ4n) is 2.84. The zero-order valence-corrected chi connectivity index (χ0v) is 17.7. The van der Waals surface area contributed by atoms with Crippen molar-refractivity contribution in [3.8, 4) is 11.5 Å². The van der Waals surface area contributed by atoms with Crippen LogP contribution < -0.4 is 4.90 Å². The third-order valence-corrected chi connectivity index (χ3v) is 5.45. The monoisotopic (exact) mass is 426 g/mol. The highest BCUT2D eigenvalue weighted by Crippen LogP contribution is 2.33. The number of hydrogen-bond donors (Lipinski definition) is 2. The second kappa shape index (κ2) is 8.96. The maximum Gasteiger partial charge on any atom is 0.342 e. The molecular weight excluding hydrogens is 404 g/mol. The van der Waals surface area contributed by atoms with Crippen molar-refractivity contribution < 1.29 is 24.5 Å². The van der Waals surface area contributed by atoms with Crippen molar-refractivity contribution in [3.63, 3.8) is 0 Å². The molecule has 0 saturated heterocycles. The van der Waals surface area contributed by atoms with E-state index in [1.807, 2.05) is 24.3 Å². The Hall–Kier alpha value is -3.39. The summed E-state index contributed by atoms with van der Waals surface area (Å²) in [5.41, 5.74) is 2.66. The quantitative estimate of drug-likeness (QED) is 0.446. The first-order valence-electron chi connectivity index (χ1n) is 9.34. The van der Waals surface area contributed by atoms with Crippen molar-refractivity contribution in [1.82, 2.24) is 4.98 Å². The van der Waals surface area contributed by atoms with Gasteiger partial charge in [-0.1, -0.05) is 25.1 Å². The van der Waals surface area contributed by atoms with Gasteiger partial charge in [-0.3, -0.25) is 9.69 Å². The summed E-state index contributed by atoms with van der Waals surface area (Å²) in [7, 11) is 0. The highest BCUT2D eigenvalue weighted by Gasteiger charge is 2.20. The summed E-state index contributed by atoms with van der Waals surface area (Å²) >= 11 is 1.26. The number of rotatable bonds is 6. The van der Waals surface area contributed by atoms with E-state index in [1.54, 1.807) is 12.3 Å². The molecule has 2 aromatic carbocycles. The highest BCUT2D eigenvalue weighted by atomic mass is 32.1. The van der Waals surface area contributed by atoms with E-state index in [1.165, 1.54) is 40.9 Å². The van der Waals surface area contributed by atoms with Crippen LogP contribution in [-0.4, -0.2) is 27.1 Å². The molecule has 0 aliphatic rings. The number of aromatic nitrogens is 1. The van der Waals surface area contributed by atoms with E-state index >= 15 is 0 Å². The van der Waals surface area contributed by atoms with Crippen LogP contribution in [0.4, 0.5) is 10.8 Å². The zero-order valence-electron chi connectivity index (χ0n) is 16.9. The molecule has 0 fully saturated rings. The lowest BCUT2D eigenvalue weighted by molar-refractivity contribution is -0.115. The smallest absolute Gasteiger partial charge is 0.342 e. The summed E-state index contributed by atoms with van der Waals surface area (Å²) in [6.07, 6.45) is 0.904. The maximum atomic E-state index is 12.3. The third-order valence-electron chi connectivity index (χ3n) is 4.57. The summed E-state index contributed by atoms with van der Waals surface area (Å²) in [5, 5.41) is 21.9. The van der Waals surface area contributed by atoms with Crippen molar-refractivity contribution in [2.75, 3.05) is 4.90 Å². The molecule has 0 atom stereocenters. The first kappa shape index (κ1) is 21.3. The summed E-state index contributed by atoms with van der Waals surface area (Å²) < 4.78 is 5.21. The number of aromatic hydroxyl groups is 2. The fraction of sp³-hybridized carbons (Fsp3) is 0.227. The molecule has 3 rings (SSSR count). The van der Waals surface area contributed by atoms with E-state index in [0.29, 0.717) is 22.1 Å². The van der Waals surface area contributed by atoms with Gasteiger partial charge in [0.2, 0.25) is 5.91 Å². The summed E-state index contributed by atoms with van der Waals surface area (Å²) in [5.74, 6) is -1.84. The lowest BCUT2D eigenvalue weighted by Crippen LogP contribution is -2.22. The van der Waals surface area contributed by atoms with E-state index in [0.717, 1.165) is 6.42 Å². The van der Waals surface area contributed by atoms with Gasteiger partial charge < -0.3 is 14.9 Å². The first-order valence-corrected chi connectivity index (χ1v) is 10.2. The molecule has 7 nitrogen and oxygen atoms in total. The molecule has 0 unspecified atom stereocenters. The lowest BCUT2D eigenvalue weighted by Gasteiger charge is -2.18. The van der Waals surface area contributed by atoms with E-state index < -0.39 is 11.7 Å². The number of carbonyl (C=O) groups excluding carboxylic acids is 2. The van der Waals surface area contributed by atoms with Crippen molar-refractivity contribution in [3.05, 3.63) is 64.2 Å². The van der Waals surface area contributed by atoms with Crippen LogP contribution >= 0.6 is 11.3 Å². The molecule has 0 saturated carbocycles. The second-order valence-electron chi connectivity index (χ2n) is 6.70. The molecule has 3 aromatic rings. The maximum absolute atomic E-state index is 12.3. The molecular formula is C22H22N2O5S. The van der Waals surface area contributed by atoms with E-state index in [4.69, 9.17) is 4.74 Å². The molecule has 0 aliphatic carbocycles. The largest absolute Gasteiger partial charge is 0.504 e. The fourth-order valence-corrected chi connectivity index (χ4v) is 3.71. The first-order chi connectivity index (χ1) is 14.3. The Bertz CT molecular complexity index is 1080. The SMILES string of the molecule is CCc1ccc(N(C(C)=O)c2nc(COC(=O)c3ccc(C)c(O)c3O)cs2)cc1. The van der Waals surface area contributed by atoms with Crippen LogP contribution in [0, 0.1) is 6.92 Å². The van der Waals surface area contributed by atoms with Crippen LogP contribution in [0.15, 0.2) is 41.8 Å². The molecule has 1 aromatic heterocycles. The summed E-state index contributed by atoms with van der Waals surface area (Å²) in [6, 6.07) is 10.6. The van der Waals surface area contributed by atoms with Crippen LogP contribution in [0.3, 0.4) is 0 Å². The van der Waals surface area contributed by atoms with Gasteiger partial charge in [-0.05, 0) is 42.7 Å². The lowest BCUT2D eigenvalue weighted by atomic mass is 10.1. The molecule has 0 bridgehead atoms. The van der Waals surface area contributed by atoms with Gasteiger partial charge in [0.1, 0.15) is 12.2 Å². The summed E-state index contributed by atoms with van der Waals surface area (Å²) in [4.78, 5) is 30.4. The minimum absolute atomic E-state index is 0.130. The number of esters is 1. The predicted octanol–water partition coefficient (Wildman–Crippen LogP) is 4.47. The van der Waals surface area contributed by atoms with Crippen molar-refractivity contribution in [2.45, 2.75) is 33.8 Å². The van der Waals surface area contributed by atoms with E-state index in [2.05, 4.69) is 11.9 Å². The number of carbonyl (C=O) groups is 2. The Balaban J connectivity index is 1.74. The number of hydrogen-bond acceptors (Lipinski definition) is 7. The molecule has 0 aliphatic heterocycles. The van der Waals surface area contributed by atoms with Crippen LogP contribution in [0.2, 0.25) is 0 Å². The molecule has 1 amide bonds. The van der Waals surface area contributed by atoms with Gasteiger partial charge in [-0.25, -0.2) is 9.78 Å². The molecule has 30 heavy (non-hydrogen) atoms. The number of nitrogens with zero attached hydrogens (tertiary/aromatic N) is 2. The van der Waals surface area contributed by atoms with Gasteiger partial charge >= 0.3 is 5.97 Å². The average Bonchev–Trinajstić information content (AvgIpc) is 3.19. The number of anilines is 2. The van der Waals surface area contributed by atoms with Crippen LogP contribution in [0.25, 0.3) is 0 Å². The van der Waals surface area contributed by atoms with Gasteiger partial charge in [-0.2, -0.15) is 0 Å². The van der Waals surface area contributed by atoms with Crippen LogP contribution in [0.5, 0.6) is 11.5 Å². The van der Waals surface area contributed by atoms with Crippen molar-refractivity contribution in [1.29, 1.82) is 0 Å². The second-order valence-corrected chi connectivity index (χ2v) is 7.54. The molecule has 156 valence electrons. The third kappa shape index (κ3) is 4.44. The minimum atomic E-state index is -0.782. The van der Waals surface area contributed by atoms with E-state index in [9.17, 15) is 19.8 Å². The number of phenolic OH excluding ortho intramolecular Hbond substituents is 2. The predicted molar refractivity (Wildman–Crippen MR) is 114 cm³/mol. The van der Waals surface area contributed by atoms with Gasteiger partial charge in [-0.15, -0.1) is 11.3 Å². The number of phenols is 2. The normalized spacial score (nSPS) is 10.6. The average molecular weight is 426 g/mol. The van der Waals surface area contributed by atoms with Crippen molar-refractivity contribution >= 4 is 34.0 Å². The number of thiazole rings is 1. The standard InChI is InChI=1S/C22H22N2O5S/c1-4-15-6-8-17(9-7-15)24(14(3)25)22-23-16(12-30-22)11-29-21(28)18-10-5-13(2)19(26)20(18)27/h5-10,12,26-27H,4,11H2,1-3H3. The zero-order chi connectivity index (χ0) is 21.8. The van der Waals surface area contributed by atoms with Gasteiger partial charge in [0.25, 0.3) is 0 Å². The minimum Gasteiger partial charge on any atom is -0.504 e. The summed E-state index contributed by atoms with van der Waals surface area (Å²) in [6.45, 7) is 4.99. The Morgan fingerprint density at radius 3 is 2.43 bits per heavy atom.